The van der Waals surface area contributed by atoms with Crippen molar-refractivity contribution in [1.82, 2.24) is 10.2 Å². The number of halogens is 1. The minimum Gasteiger partial charge on any atom is -0.484 e. The fraction of sp³-hybridized carbons (Fsp3) is 0.364. The number of amides is 2. The number of hydrogen-bond donors (Lipinski definition) is 1. The number of benzene rings is 2. The third kappa shape index (κ3) is 6.08. The van der Waals surface area contributed by atoms with Crippen LogP contribution in [0.2, 0.25) is 0 Å². The predicted molar refractivity (Wildman–Crippen MR) is 106 cm³/mol. The lowest BCUT2D eigenvalue weighted by Gasteiger charge is -2.28. The molecule has 0 spiro atoms. The average molecular weight is 386 g/mol. The first-order chi connectivity index (χ1) is 13.4. The van der Waals surface area contributed by atoms with Crippen LogP contribution in [0.3, 0.4) is 0 Å². The van der Waals surface area contributed by atoms with Gasteiger partial charge in [0.2, 0.25) is 5.91 Å². The third-order valence-corrected chi connectivity index (χ3v) is 4.37. The summed E-state index contributed by atoms with van der Waals surface area (Å²) in [5, 5.41) is 2.78. The van der Waals surface area contributed by atoms with Crippen molar-refractivity contribution in [3.8, 4) is 5.75 Å². The van der Waals surface area contributed by atoms with Crippen molar-refractivity contribution in [2.24, 2.45) is 0 Å². The van der Waals surface area contributed by atoms with E-state index in [1.165, 1.54) is 11.0 Å². The predicted octanol–water partition coefficient (Wildman–Crippen LogP) is 3.46. The second-order valence-corrected chi connectivity index (χ2v) is 6.69. The molecule has 0 fully saturated rings. The third-order valence-electron chi connectivity index (χ3n) is 4.37. The molecule has 6 heteroatoms. The van der Waals surface area contributed by atoms with Crippen molar-refractivity contribution in [1.29, 1.82) is 0 Å². The van der Waals surface area contributed by atoms with Gasteiger partial charge in [-0.15, -0.1) is 0 Å². The molecule has 1 N–H and O–H groups in total. The summed E-state index contributed by atoms with van der Waals surface area (Å²) < 4.78 is 19.7. The van der Waals surface area contributed by atoms with Gasteiger partial charge >= 0.3 is 0 Å². The van der Waals surface area contributed by atoms with E-state index in [2.05, 4.69) is 5.32 Å². The summed E-state index contributed by atoms with van der Waals surface area (Å²) in [6.45, 7) is 5.79. The average Bonchev–Trinajstić information content (AvgIpc) is 2.69. The minimum absolute atomic E-state index is 0.0105. The van der Waals surface area contributed by atoms with E-state index < -0.39 is 11.9 Å². The lowest BCUT2D eigenvalue weighted by Crippen LogP contribution is -2.49. The Bertz CT molecular complexity index is 810. The van der Waals surface area contributed by atoms with E-state index >= 15 is 0 Å². The Morgan fingerprint density at radius 1 is 1.18 bits per heavy atom. The molecule has 0 radical (unpaired) electrons. The SMILES string of the molecule is CCCNC(=O)C(C)N(Cc1ccccc1F)C(=O)COc1cccc(C)c1. The molecule has 2 rings (SSSR count). The van der Waals surface area contributed by atoms with Crippen molar-refractivity contribution in [2.45, 2.75) is 39.8 Å². The van der Waals surface area contributed by atoms with Crippen LogP contribution in [0.4, 0.5) is 4.39 Å². The molecule has 2 aromatic carbocycles. The van der Waals surface area contributed by atoms with E-state index in [0.29, 0.717) is 17.9 Å². The molecular weight excluding hydrogens is 359 g/mol. The summed E-state index contributed by atoms with van der Waals surface area (Å²) in [6.07, 6.45) is 0.788. The normalized spacial score (nSPS) is 11.6. The van der Waals surface area contributed by atoms with Crippen LogP contribution in [0.5, 0.6) is 5.75 Å². The standard InChI is InChI=1S/C22H27FN2O3/c1-4-12-24-22(27)17(3)25(14-18-9-5-6-11-20(18)23)21(26)15-28-19-10-7-8-16(2)13-19/h5-11,13,17H,4,12,14-15H2,1-3H3,(H,24,27). The number of aryl methyl sites for hydroxylation is 1. The highest BCUT2D eigenvalue weighted by atomic mass is 19.1. The summed E-state index contributed by atoms with van der Waals surface area (Å²) in [5.41, 5.74) is 1.36. The molecule has 1 unspecified atom stereocenters. The maximum absolute atomic E-state index is 14.1. The molecule has 5 nitrogen and oxygen atoms in total. The largest absolute Gasteiger partial charge is 0.484 e. The molecule has 0 aliphatic heterocycles. The van der Waals surface area contributed by atoms with Gasteiger partial charge in [0.25, 0.3) is 5.91 Å². The zero-order valence-electron chi connectivity index (χ0n) is 16.6. The van der Waals surface area contributed by atoms with Crippen molar-refractivity contribution in [3.05, 3.63) is 65.5 Å². The molecular formula is C22H27FN2O3. The smallest absolute Gasteiger partial charge is 0.261 e. The van der Waals surface area contributed by atoms with Gasteiger partial charge in [0.05, 0.1) is 0 Å². The number of hydrogen-bond acceptors (Lipinski definition) is 3. The Labute approximate surface area is 165 Å². The number of rotatable bonds is 9. The zero-order chi connectivity index (χ0) is 20.5. The first-order valence-electron chi connectivity index (χ1n) is 9.42. The molecule has 1 atom stereocenters. The van der Waals surface area contributed by atoms with Crippen molar-refractivity contribution >= 4 is 11.8 Å². The molecule has 2 amide bonds. The molecule has 2 aromatic rings. The van der Waals surface area contributed by atoms with Gasteiger partial charge in [-0.2, -0.15) is 0 Å². The van der Waals surface area contributed by atoms with Crippen LogP contribution in [0, 0.1) is 12.7 Å². The Hall–Kier alpha value is -2.89. The maximum Gasteiger partial charge on any atom is 0.261 e. The van der Waals surface area contributed by atoms with E-state index in [4.69, 9.17) is 4.74 Å². The Kier molecular flexibility index (Phi) is 7.99. The van der Waals surface area contributed by atoms with Gasteiger partial charge in [0.15, 0.2) is 6.61 Å². The van der Waals surface area contributed by atoms with Crippen LogP contribution >= 0.6 is 0 Å². The Morgan fingerprint density at radius 3 is 2.61 bits per heavy atom. The molecule has 0 bridgehead atoms. The van der Waals surface area contributed by atoms with Gasteiger partial charge in [-0.05, 0) is 44.0 Å². The summed E-state index contributed by atoms with van der Waals surface area (Å²) >= 11 is 0. The maximum atomic E-state index is 14.1. The second-order valence-electron chi connectivity index (χ2n) is 6.69. The molecule has 0 heterocycles. The summed E-state index contributed by atoms with van der Waals surface area (Å²) in [4.78, 5) is 26.6. The lowest BCUT2D eigenvalue weighted by molar-refractivity contribution is -0.142. The van der Waals surface area contributed by atoms with Crippen LogP contribution in [0.25, 0.3) is 0 Å². The van der Waals surface area contributed by atoms with Crippen LogP contribution < -0.4 is 10.1 Å². The van der Waals surface area contributed by atoms with E-state index in [-0.39, 0.29) is 25.0 Å². The van der Waals surface area contributed by atoms with Gasteiger partial charge in [-0.1, -0.05) is 37.3 Å². The number of carbonyl (C=O) groups is 2. The highest BCUT2D eigenvalue weighted by Gasteiger charge is 2.27. The monoisotopic (exact) mass is 386 g/mol. The van der Waals surface area contributed by atoms with Crippen LogP contribution in [-0.4, -0.2) is 35.9 Å². The highest BCUT2D eigenvalue weighted by molar-refractivity contribution is 5.87. The van der Waals surface area contributed by atoms with E-state index in [0.717, 1.165) is 12.0 Å². The molecule has 150 valence electrons. The number of carbonyl (C=O) groups excluding carboxylic acids is 2. The fourth-order valence-electron chi connectivity index (χ4n) is 2.72. The first-order valence-corrected chi connectivity index (χ1v) is 9.42. The topological polar surface area (TPSA) is 58.6 Å². The van der Waals surface area contributed by atoms with Crippen molar-refractivity contribution < 1.29 is 18.7 Å². The van der Waals surface area contributed by atoms with Gasteiger partial charge < -0.3 is 15.0 Å². The van der Waals surface area contributed by atoms with Crippen molar-refractivity contribution in [3.63, 3.8) is 0 Å². The Morgan fingerprint density at radius 2 is 1.93 bits per heavy atom. The molecule has 0 aliphatic rings. The minimum atomic E-state index is -0.750. The number of ether oxygens (including phenoxy) is 1. The Balaban J connectivity index is 2.14. The van der Waals surface area contributed by atoms with E-state index in [9.17, 15) is 14.0 Å². The summed E-state index contributed by atoms with van der Waals surface area (Å²) in [5.74, 6) is -0.505. The first kappa shape index (κ1) is 21.4. The molecule has 0 aliphatic carbocycles. The van der Waals surface area contributed by atoms with Crippen LogP contribution in [0.15, 0.2) is 48.5 Å². The summed E-state index contributed by atoms with van der Waals surface area (Å²) in [6, 6.07) is 12.8. The van der Waals surface area contributed by atoms with Crippen LogP contribution in [-0.2, 0) is 16.1 Å². The molecule has 28 heavy (non-hydrogen) atoms. The van der Waals surface area contributed by atoms with Gasteiger partial charge in [0.1, 0.15) is 17.6 Å². The van der Waals surface area contributed by atoms with Crippen molar-refractivity contribution in [2.75, 3.05) is 13.2 Å². The summed E-state index contributed by atoms with van der Waals surface area (Å²) in [7, 11) is 0. The van der Waals surface area contributed by atoms with Gasteiger partial charge in [-0.25, -0.2) is 4.39 Å². The quantitative estimate of drug-likeness (QED) is 0.718. The molecule has 0 saturated heterocycles. The molecule has 0 aromatic heterocycles. The van der Waals surface area contributed by atoms with Gasteiger partial charge in [-0.3, -0.25) is 9.59 Å². The number of nitrogens with one attached hydrogen (secondary N) is 1. The highest BCUT2D eigenvalue weighted by Crippen LogP contribution is 2.15. The van der Waals surface area contributed by atoms with E-state index in [1.54, 1.807) is 31.2 Å². The zero-order valence-corrected chi connectivity index (χ0v) is 16.6. The number of nitrogens with zero attached hydrogens (tertiary/aromatic N) is 1. The second kappa shape index (κ2) is 10.4. The van der Waals surface area contributed by atoms with Gasteiger partial charge in [0, 0.05) is 18.7 Å². The van der Waals surface area contributed by atoms with E-state index in [1.807, 2.05) is 32.0 Å². The lowest BCUT2D eigenvalue weighted by atomic mass is 10.1. The fourth-order valence-corrected chi connectivity index (χ4v) is 2.72. The van der Waals surface area contributed by atoms with Crippen LogP contribution in [0.1, 0.15) is 31.4 Å². The molecule has 0 saturated carbocycles.